The van der Waals surface area contributed by atoms with Crippen molar-refractivity contribution in [2.24, 2.45) is 5.41 Å². The van der Waals surface area contributed by atoms with Gasteiger partial charge in [0.15, 0.2) is 0 Å². The molecule has 1 aliphatic rings. The van der Waals surface area contributed by atoms with Crippen molar-refractivity contribution in [1.82, 2.24) is 10.3 Å². The lowest BCUT2D eigenvalue weighted by atomic mass is 10.1. The molecule has 0 bridgehead atoms. The average Bonchev–Trinajstić information content (AvgIpc) is 2.87. The second-order valence-electron chi connectivity index (χ2n) is 5.17. The van der Waals surface area contributed by atoms with E-state index in [4.69, 9.17) is 0 Å². The Morgan fingerprint density at radius 1 is 1.59 bits per heavy atom. The van der Waals surface area contributed by atoms with Gasteiger partial charge in [-0.05, 0) is 24.8 Å². The molecule has 4 nitrogen and oxygen atoms in total. The Balaban J connectivity index is 2.08. The predicted octanol–water partition coefficient (Wildman–Crippen LogP) is 2.04. The van der Waals surface area contributed by atoms with Crippen LogP contribution in [0.4, 0.5) is 5.69 Å². The van der Waals surface area contributed by atoms with Crippen LogP contribution in [-0.4, -0.2) is 23.5 Å². The first-order valence-corrected chi connectivity index (χ1v) is 6.03. The van der Waals surface area contributed by atoms with Crippen LogP contribution in [0.2, 0.25) is 0 Å². The van der Waals surface area contributed by atoms with Gasteiger partial charge in [-0.25, -0.2) is 0 Å². The number of hydrogen-bond donors (Lipinski definition) is 2. The smallest absolute Gasteiger partial charge is 0.255 e. The summed E-state index contributed by atoms with van der Waals surface area (Å²) in [6.07, 6.45) is 4.36. The van der Waals surface area contributed by atoms with Gasteiger partial charge in [0.05, 0.1) is 11.3 Å². The molecule has 2 rings (SSSR count). The van der Waals surface area contributed by atoms with E-state index in [0.29, 0.717) is 11.6 Å². The lowest BCUT2D eigenvalue weighted by Gasteiger charge is -2.11. The highest BCUT2D eigenvalue weighted by molar-refractivity contribution is 5.99. The van der Waals surface area contributed by atoms with Gasteiger partial charge in [0.25, 0.3) is 5.91 Å². The molecule has 1 aromatic rings. The maximum atomic E-state index is 12.1. The first-order valence-electron chi connectivity index (χ1n) is 6.03. The molecule has 1 saturated carbocycles. The molecule has 17 heavy (non-hydrogen) atoms. The van der Waals surface area contributed by atoms with E-state index in [-0.39, 0.29) is 11.3 Å². The third-order valence-corrected chi connectivity index (χ3v) is 3.25. The highest BCUT2D eigenvalue weighted by atomic mass is 16.1. The van der Waals surface area contributed by atoms with Gasteiger partial charge in [-0.1, -0.05) is 13.8 Å². The molecular formula is C13H19N3O. The third-order valence-electron chi connectivity index (χ3n) is 3.25. The minimum atomic E-state index is -0.0374. The number of pyridine rings is 1. The van der Waals surface area contributed by atoms with Gasteiger partial charge in [-0.3, -0.25) is 9.78 Å². The van der Waals surface area contributed by atoms with Crippen LogP contribution in [0.3, 0.4) is 0 Å². The Hall–Kier alpha value is -1.58. The van der Waals surface area contributed by atoms with Crippen molar-refractivity contribution < 1.29 is 4.79 Å². The van der Waals surface area contributed by atoms with Gasteiger partial charge in [0.1, 0.15) is 0 Å². The zero-order valence-electron chi connectivity index (χ0n) is 10.6. The number of carbonyl (C=O) groups is 1. The summed E-state index contributed by atoms with van der Waals surface area (Å²) in [5.41, 5.74) is 1.71. The van der Waals surface area contributed by atoms with Crippen LogP contribution in [0.25, 0.3) is 0 Å². The van der Waals surface area contributed by atoms with Gasteiger partial charge < -0.3 is 10.6 Å². The number of hydrogen-bond acceptors (Lipinski definition) is 3. The molecular weight excluding hydrogens is 214 g/mol. The lowest BCUT2D eigenvalue weighted by molar-refractivity contribution is 0.0947. The molecule has 0 spiro atoms. The molecule has 0 aromatic carbocycles. The topological polar surface area (TPSA) is 54.0 Å². The second-order valence-corrected chi connectivity index (χ2v) is 5.17. The number of nitrogens with one attached hydrogen (secondary N) is 2. The van der Waals surface area contributed by atoms with Gasteiger partial charge in [0, 0.05) is 25.0 Å². The van der Waals surface area contributed by atoms with Crippen LogP contribution in [0.5, 0.6) is 0 Å². The Labute approximate surface area is 102 Å². The van der Waals surface area contributed by atoms with E-state index in [1.54, 1.807) is 12.4 Å². The minimum Gasteiger partial charge on any atom is -0.385 e. The van der Waals surface area contributed by atoms with E-state index >= 15 is 0 Å². The van der Waals surface area contributed by atoms with Crippen molar-refractivity contribution in [2.75, 3.05) is 11.9 Å². The summed E-state index contributed by atoms with van der Waals surface area (Å²) in [5, 5.41) is 6.21. The summed E-state index contributed by atoms with van der Waals surface area (Å²) in [4.78, 5) is 16.1. The molecule has 1 amide bonds. The van der Waals surface area contributed by atoms with Gasteiger partial charge in [0.2, 0.25) is 0 Å². The van der Waals surface area contributed by atoms with Crippen molar-refractivity contribution in [3.05, 3.63) is 24.0 Å². The molecule has 1 aromatic heterocycles. The first-order chi connectivity index (χ1) is 8.04. The molecule has 92 valence electrons. The highest BCUT2D eigenvalue weighted by Gasteiger charge is 2.46. The van der Waals surface area contributed by atoms with E-state index in [1.807, 2.05) is 13.0 Å². The highest BCUT2D eigenvalue weighted by Crippen LogP contribution is 2.44. The SMILES string of the molecule is CCNc1ccncc1C(=O)NC1CC1(C)C. The number of carbonyl (C=O) groups excluding carboxylic acids is 1. The number of rotatable bonds is 4. The summed E-state index contributed by atoms with van der Waals surface area (Å²) in [7, 11) is 0. The molecule has 1 unspecified atom stereocenters. The van der Waals surface area contributed by atoms with E-state index in [2.05, 4.69) is 29.5 Å². The molecule has 0 radical (unpaired) electrons. The quantitative estimate of drug-likeness (QED) is 0.836. The average molecular weight is 233 g/mol. The van der Waals surface area contributed by atoms with Crippen LogP contribution in [0, 0.1) is 5.41 Å². The molecule has 1 fully saturated rings. The van der Waals surface area contributed by atoms with Gasteiger partial charge >= 0.3 is 0 Å². The third kappa shape index (κ3) is 2.57. The van der Waals surface area contributed by atoms with Crippen molar-refractivity contribution in [2.45, 2.75) is 33.2 Å². The van der Waals surface area contributed by atoms with E-state index in [1.165, 1.54) is 0 Å². The van der Waals surface area contributed by atoms with E-state index < -0.39 is 0 Å². The molecule has 4 heteroatoms. The Kier molecular flexibility index (Phi) is 3.05. The molecule has 1 aliphatic carbocycles. The van der Waals surface area contributed by atoms with Crippen molar-refractivity contribution in [3.63, 3.8) is 0 Å². The predicted molar refractivity (Wildman–Crippen MR) is 68.1 cm³/mol. The van der Waals surface area contributed by atoms with Crippen molar-refractivity contribution in [1.29, 1.82) is 0 Å². The fraction of sp³-hybridized carbons (Fsp3) is 0.538. The standard InChI is InChI=1S/C13H19N3O/c1-4-15-10-5-6-14-8-9(10)12(17)16-11-7-13(11,2)3/h5-6,8,11H,4,7H2,1-3H3,(H,14,15)(H,16,17). The molecule has 0 saturated heterocycles. The summed E-state index contributed by atoms with van der Waals surface area (Å²) in [5.74, 6) is -0.0374. The molecule has 0 aliphatic heterocycles. The van der Waals surface area contributed by atoms with Gasteiger partial charge in [-0.2, -0.15) is 0 Å². The van der Waals surface area contributed by atoms with Crippen LogP contribution in [-0.2, 0) is 0 Å². The van der Waals surface area contributed by atoms with Crippen LogP contribution < -0.4 is 10.6 Å². The summed E-state index contributed by atoms with van der Waals surface area (Å²) in [6.45, 7) is 7.12. The van der Waals surface area contributed by atoms with E-state index in [9.17, 15) is 4.79 Å². The summed E-state index contributed by atoms with van der Waals surface area (Å²) >= 11 is 0. The zero-order valence-corrected chi connectivity index (χ0v) is 10.6. The number of nitrogens with zero attached hydrogens (tertiary/aromatic N) is 1. The van der Waals surface area contributed by atoms with Crippen LogP contribution >= 0.6 is 0 Å². The number of amides is 1. The summed E-state index contributed by atoms with van der Waals surface area (Å²) in [6, 6.07) is 2.13. The maximum absolute atomic E-state index is 12.1. The maximum Gasteiger partial charge on any atom is 0.255 e. The fourth-order valence-electron chi connectivity index (χ4n) is 1.87. The van der Waals surface area contributed by atoms with Crippen molar-refractivity contribution >= 4 is 11.6 Å². The van der Waals surface area contributed by atoms with Crippen molar-refractivity contribution in [3.8, 4) is 0 Å². The monoisotopic (exact) mass is 233 g/mol. The van der Waals surface area contributed by atoms with Crippen LogP contribution in [0.15, 0.2) is 18.5 Å². The van der Waals surface area contributed by atoms with Gasteiger partial charge in [-0.15, -0.1) is 0 Å². The minimum absolute atomic E-state index is 0.0374. The molecule has 1 heterocycles. The fourth-order valence-corrected chi connectivity index (χ4v) is 1.87. The summed E-state index contributed by atoms with van der Waals surface area (Å²) < 4.78 is 0. The molecule has 1 atom stereocenters. The number of anilines is 1. The number of aromatic nitrogens is 1. The Bertz CT molecular complexity index is 428. The zero-order chi connectivity index (χ0) is 12.5. The lowest BCUT2D eigenvalue weighted by Crippen LogP contribution is -2.29. The first kappa shape index (κ1) is 11.9. The normalized spacial score (nSPS) is 20.8. The largest absolute Gasteiger partial charge is 0.385 e. The second kappa shape index (κ2) is 4.35. The van der Waals surface area contributed by atoms with E-state index in [0.717, 1.165) is 18.7 Å². The Morgan fingerprint density at radius 3 is 2.88 bits per heavy atom. The van der Waals surface area contributed by atoms with Crippen LogP contribution in [0.1, 0.15) is 37.6 Å². The Morgan fingerprint density at radius 2 is 2.29 bits per heavy atom. The molecule has 2 N–H and O–H groups in total.